The van der Waals surface area contributed by atoms with E-state index in [1.54, 1.807) is 12.1 Å². The van der Waals surface area contributed by atoms with Gasteiger partial charge in [0, 0.05) is 49.7 Å². The second kappa shape index (κ2) is 12.3. The molecule has 4 rings (SSSR count). The van der Waals surface area contributed by atoms with Gasteiger partial charge in [0.15, 0.2) is 5.65 Å². The van der Waals surface area contributed by atoms with Crippen LogP contribution < -0.4 is 15.4 Å². The van der Waals surface area contributed by atoms with Crippen molar-refractivity contribution in [3.05, 3.63) is 39.6 Å². The predicted molar refractivity (Wildman–Crippen MR) is 141 cm³/mol. The van der Waals surface area contributed by atoms with Gasteiger partial charge in [0.1, 0.15) is 11.6 Å². The lowest BCUT2D eigenvalue weighted by atomic mass is 10.1. The highest BCUT2D eigenvalue weighted by atomic mass is 35.5. The van der Waals surface area contributed by atoms with Crippen LogP contribution in [0.25, 0.3) is 16.8 Å². The van der Waals surface area contributed by atoms with Crippen molar-refractivity contribution in [1.82, 2.24) is 19.9 Å². The van der Waals surface area contributed by atoms with Crippen molar-refractivity contribution in [2.24, 2.45) is 0 Å². The lowest BCUT2D eigenvalue weighted by Gasteiger charge is -2.23. The summed E-state index contributed by atoms with van der Waals surface area (Å²) < 4.78 is 13.0. The second-order valence-corrected chi connectivity index (χ2v) is 9.17. The predicted octanol–water partition coefficient (Wildman–Crippen LogP) is 5.71. The molecule has 0 aliphatic carbocycles. The zero-order valence-corrected chi connectivity index (χ0v) is 22.1. The maximum atomic E-state index is 6.67. The van der Waals surface area contributed by atoms with Crippen molar-refractivity contribution in [2.75, 3.05) is 38.2 Å². The Kier molecular flexibility index (Phi) is 9.68. The van der Waals surface area contributed by atoms with Crippen molar-refractivity contribution < 1.29 is 9.47 Å². The summed E-state index contributed by atoms with van der Waals surface area (Å²) in [6.45, 7) is 9.89. The van der Waals surface area contributed by atoms with Gasteiger partial charge in [0.2, 0.25) is 0 Å². The fourth-order valence-electron chi connectivity index (χ4n) is 4.12. The van der Waals surface area contributed by atoms with E-state index in [0.717, 1.165) is 79.5 Å². The molecular formula is C24H32Cl3N5O2. The van der Waals surface area contributed by atoms with Gasteiger partial charge in [-0.25, -0.2) is 4.98 Å². The quantitative estimate of drug-likeness (QED) is 0.347. The number of rotatable bonds is 9. The van der Waals surface area contributed by atoms with Crippen LogP contribution in [0, 0.1) is 13.8 Å². The summed E-state index contributed by atoms with van der Waals surface area (Å²) in [6, 6.07) is 6.13. The van der Waals surface area contributed by atoms with Crippen molar-refractivity contribution in [1.29, 1.82) is 0 Å². The van der Waals surface area contributed by atoms with Crippen LogP contribution >= 0.6 is 35.6 Å². The zero-order chi connectivity index (χ0) is 23.4. The molecule has 1 saturated heterocycles. The van der Waals surface area contributed by atoms with E-state index in [0.29, 0.717) is 28.4 Å². The number of hydrogen-bond donors (Lipinski definition) is 2. The topological polar surface area (TPSA) is 72.7 Å². The summed E-state index contributed by atoms with van der Waals surface area (Å²) in [6.07, 6.45) is 3.03. The Bertz CT molecular complexity index is 1090. The number of ether oxygens (including phenoxy) is 2. The number of hydrogen-bond acceptors (Lipinski definition) is 6. The van der Waals surface area contributed by atoms with Crippen LogP contribution in [0.3, 0.4) is 0 Å². The molecule has 2 N–H and O–H groups in total. The number of benzene rings is 1. The van der Waals surface area contributed by atoms with E-state index in [1.807, 2.05) is 24.4 Å². The van der Waals surface area contributed by atoms with Crippen LogP contribution in [0.1, 0.15) is 37.6 Å². The van der Waals surface area contributed by atoms with Gasteiger partial charge >= 0.3 is 0 Å². The van der Waals surface area contributed by atoms with E-state index in [2.05, 4.69) is 17.6 Å². The van der Waals surface area contributed by atoms with Gasteiger partial charge in [0.25, 0.3) is 0 Å². The number of aryl methyl sites for hydroxylation is 2. The number of fused-ring (bicyclic) bond motifs is 1. The van der Waals surface area contributed by atoms with E-state index >= 15 is 0 Å². The van der Waals surface area contributed by atoms with Gasteiger partial charge in [-0.15, -0.1) is 12.4 Å². The fourth-order valence-corrected chi connectivity index (χ4v) is 4.78. The number of aromatic nitrogens is 3. The van der Waals surface area contributed by atoms with E-state index < -0.39 is 0 Å². The molecule has 0 saturated carbocycles. The van der Waals surface area contributed by atoms with Crippen LogP contribution in [-0.4, -0.2) is 53.6 Å². The van der Waals surface area contributed by atoms with Gasteiger partial charge in [-0.2, -0.15) is 9.61 Å². The molecule has 3 heterocycles. The first-order valence-corrected chi connectivity index (χ1v) is 12.3. The minimum Gasteiger partial charge on any atom is -0.494 e. The Hall–Kier alpha value is -1.77. The third-order valence-electron chi connectivity index (χ3n) is 5.72. The summed E-state index contributed by atoms with van der Waals surface area (Å²) in [5, 5.41) is 12.9. The molecule has 1 aliphatic heterocycles. The molecule has 1 aliphatic rings. The average Bonchev–Trinajstić information content (AvgIpc) is 3.11. The molecule has 186 valence electrons. The molecular weight excluding hydrogens is 497 g/mol. The highest BCUT2D eigenvalue weighted by molar-refractivity contribution is 6.39. The first-order chi connectivity index (χ1) is 16.0. The molecule has 10 heteroatoms. The lowest BCUT2D eigenvalue weighted by molar-refractivity contribution is 0.0784. The Morgan fingerprint density at radius 2 is 1.79 bits per heavy atom. The smallest absolute Gasteiger partial charge is 0.165 e. The standard InChI is InChI=1S/C24H31Cl2N5O2.ClH/c1-4-9-33-18-13-19(25)23(20(26)14-18)22-16(3)30-31-21(12-15(2)29-24(22)31)28-8-7-27-17-5-10-32-11-6-17;/h12-14,17,27-28H,4-11H2,1-3H3;1H. The zero-order valence-electron chi connectivity index (χ0n) is 19.8. The van der Waals surface area contributed by atoms with Crippen LogP contribution in [0.4, 0.5) is 5.82 Å². The molecule has 0 unspecified atom stereocenters. The number of anilines is 1. The Morgan fingerprint density at radius 3 is 2.47 bits per heavy atom. The van der Waals surface area contributed by atoms with Crippen molar-refractivity contribution in [3.8, 4) is 16.9 Å². The fraction of sp³-hybridized carbons (Fsp3) is 0.500. The third-order valence-corrected chi connectivity index (χ3v) is 6.31. The molecule has 2 aromatic heterocycles. The third kappa shape index (κ3) is 6.07. The molecule has 3 aromatic rings. The summed E-state index contributed by atoms with van der Waals surface area (Å²) in [5.41, 5.74) is 3.97. The molecule has 34 heavy (non-hydrogen) atoms. The van der Waals surface area contributed by atoms with E-state index in [9.17, 15) is 0 Å². The largest absolute Gasteiger partial charge is 0.494 e. The number of nitrogens with one attached hydrogen (secondary N) is 2. The minimum absolute atomic E-state index is 0. The summed E-state index contributed by atoms with van der Waals surface area (Å²) in [4.78, 5) is 4.77. The Morgan fingerprint density at radius 1 is 1.09 bits per heavy atom. The SMILES string of the molecule is CCCOc1cc(Cl)c(-c2c(C)nn3c(NCCNC4CCOCC4)cc(C)nc23)c(Cl)c1.Cl. The molecule has 7 nitrogen and oxygen atoms in total. The van der Waals surface area contributed by atoms with Crippen molar-refractivity contribution in [3.63, 3.8) is 0 Å². The maximum Gasteiger partial charge on any atom is 0.165 e. The first-order valence-electron chi connectivity index (χ1n) is 11.5. The van der Waals surface area contributed by atoms with Gasteiger partial charge in [-0.3, -0.25) is 0 Å². The van der Waals surface area contributed by atoms with E-state index in [-0.39, 0.29) is 12.4 Å². The van der Waals surface area contributed by atoms with Gasteiger partial charge in [0.05, 0.1) is 27.9 Å². The normalized spacial score (nSPS) is 14.3. The Labute approximate surface area is 216 Å². The van der Waals surface area contributed by atoms with Gasteiger partial charge in [-0.05, 0) is 45.2 Å². The van der Waals surface area contributed by atoms with Crippen LogP contribution in [0.2, 0.25) is 10.0 Å². The van der Waals surface area contributed by atoms with Crippen LogP contribution in [0.5, 0.6) is 5.75 Å². The van der Waals surface area contributed by atoms with E-state index in [1.165, 1.54) is 0 Å². The summed E-state index contributed by atoms with van der Waals surface area (Å²) in [7, 11) is 0. The second-order valence-electron chi connectivity index (χ2n) is 8.36. The van der Waals surface area contributed by atoms with Crippen molar-refractivity contribution >= 4 is 47.1 Å². The summed E-state index contributed by atoms with van der Waals surface area (Å²) in [5.74, 6) is 1.55. The molecule has 1 aromatic carbocycles. The van der Waals surface area contributed by atoms with E-state index in [4.69, 9.17) is 42.8 Å². The molecule has 1 fully saturated rings. The first kappa shape index (κ1) is 26.8. The minimum atomic E-state index is 0. The van der Waals surface area contributed by atoms with Crippen molar-refractivity contribution in [2.45, 2.75) is 46.1 Å². The molecule has 0 atom stereocenters. The van der Waals surface area contributed by atoms with Gasteiger partial charge in [-0.1, -0.05) is 30.1 Å². The molecule has 0 amide bonds. The number of halogens is 3. The maximum absolute atomic E-state index is 6.67. The highest BCUT2D eigenvalue weighted by Crippen LogP contribution is 2.41. The van der Waals surface area contributed by atoms with Crippen LogP contribution in [0.15, 0.2) is 18.2 Å². The monoisotopic (exact) mass is 527 g/mol. The average molecular weight is 529 g/mol. The molecule has 0 bridgehead atoms. The molecule has 0 radical (unpaired) electrons. The number of nitrogens with zero attached hydrogens (tertiary/aromatic N) is 3. The highest BCUT2D eigenvalue weighted by Gasteiger charge is 2.21. The van der Waals surface area contributed by atoms with Crippen LogP contribution in [-0.2, 0) is 4.74 Å². The summed E-state index contributed by atoms with van der Waals surface area (Å²) >= 11 is 13.3. The van der Waals surface area contributed by atoms with Gasteiger partial charge < -0.3 is 20.1 Å². The Balaban J connectivity index is 0.00000324. The lowest BCUT2D eigenvalue weighted by Crippen LogP contribution is -2.37. The molecule has 0 spiro atoms.